The van der Waals surface area contributed by atoms with Crippen molar-refractivity contribution in [1.82, 2.24) is 10.3 Å². The molecule has 0 fully saturated rings. The molecule has 0 saturated carbocycles. The number of anilines is 1. The second-order valence-electron chi connectivity index (χ2n) is 6.26. The van der Waals surface area contributed by atoms with E-state index in [1.165, 1.54) is 23.1 Å². The number of nitrogens with zero attached hydrogens (tertiary/aromatic N) is 3. The predicted octanol–water partition coefficient (Wildman–Crippen LogP) is 1.06. The number of hydrogen-bond donors (Lipinski definition) is 1. The SMILES string of the molecule is COCCOc1ncccc1CNC(=O)CN1C(=O)COc2ccc([N+](=O)[O-])cc21. The lowest BCUT2D eigenvalue weighted by Gasteiger charge is -2.28. The number of ether oxygens (including phenoxy) is 3. The molecular weight excluding hydrogens is 396 g/mol. The molecule has 0 atom stereocenters. The van der Waals surface area contributed by atoms with E-state index in [9.17, 15) is 19.7 Å². The van der Waals surface area contributed by atoms with E-state index >= 15 is 0 Å². The summed E-state index contributed by atoms with van der Waals surface area (Å²) < 4.78 is 15.8. The minimum Gasteiger partial charge on any atom is -0.482 e. The first-order valence-electron chi connectivity index (χ1n) is 9.03. The Morgan fingerprint density at radius 3 is 2.97 bits per heavy atom. The van der Waals surface area contributed by atoms with E-state index in [1.54, 1.807) is 25.4 Å². The van der Waals surface area contributed by atoms with Crippen LogP contribution >= 0.6 is 0 Å². The average molecular weight is 416 g/mol. The monoisotopic (exact) mass is 416 g/mol. The Kier molecular flexibility index (Phi) is 6.75. The van der Waals surface area contributed by atoms with E-state index in [1.807, 2.05) is 0 Å². The van der Waals surface area contributed by atoms with E-state index in [2.05, 4.69) is 10.3 Å². The number of methoxy groups -OCH3 is 1. The fraction of sp³-hybridized carbons (Fsp3) is 0.316. The molecule has 2 amide bonds. The molecule has 1 aliphatic heterocycles. The fourth-order valence-electron chi connectivity index (χ4n) is 2.78. The highest BCUT2D eigenvalue weighted by Gasteiger charge is 2.29. The van der Waals surface area contributed by atoms with Gasteiger partial charge < -0.3 is 19.5 Å². The Bertz CT molecular complexity index is 950. The van der Waals surface area contributed by atoms with Gasteiger partial charge in [-0.25, -0.2) is 4.98 Å². The van der Waals surface area contributed by atoms with Crippen LogP contribution in [-0.4, -0.2) is 55.2 Å². The molecule has 1 aromatic carbocycles. The van der Waals surface area contributed by atoms with Crippen LogP contribution < -0.4 is 19.7 Å². The van der Waals surface area contributed by atoms with Crippen LogP contribution in [0.25, 0.3) is 0 Å². The summed E-state index contributed by atoms with van der Waals surface area (Å²) in [7, 11) is 1.56. The summed E-state index contributed by atoms with van der Waals surface area (Å²) in [5.41, 5.74) is 0.637. The van der Waals surface area contributed by atoms with Gasteiger partial charge in [0.1, 0.15) is 18.9 Å². The second kappa shape index (κ2) is 9.65. The number of benzene rings is 1. The maximum absolute atomic E-state index is 12.5. The number of non-ortho nitro benzene ring substituents is 1. The van der Waals surface area contributed by atoms with E-state index in [0.717, 1.165) is 0 Å². The maximum Gasteiger partial charge on any atom is 0.271 e. The van der Waals surface area contributed by atoms with Gasteiger partial charge in [0.15, 0.2) is 6.61 Å². The Balaban J connectivity index is 1.67. The van der Waals surface area contributed by atoms with Crippen LogP contribution in [0.1, 0.15) is 5.56 Å². The third kappa shape index (κ3) is 5.00. The Hall–Kier alpha value is -3.73. The molecule has 0 radical (unpaired) electrons. The molecule has 11 nitrogen and oxygen atoms in total. The Morgan fingerprint density at radius 2 is 2.20 bits per heavy atom. The van der Waals surface area contributed by atoms with Crippen LogP contribution in [0.15, 0.2) is 36.5 Å². The van der Waals surface area contributed by atoms with Crippen molar-refractivity contribution >= 4 is 23.2 Å². The molecule has 0 bridgehead atoms. The third-order valence-corrected chi connectivity index (χ3v) is 4.25. The standard InChI is InChI=1S/C19H20N4O7/c1-28-7-8-29-19-13(3-2-6-20-19)10-21-17(24)11-22-15-9-14(23(26)27)4-5-16(15)30-12-18(22)25/h2-6,9H,7-8,10-12H2,1H3,(H,21,24). The van der Waals surface area contributed by atoms with Gasteiger partial charge in [0, 0.05) is 37.5 Å². The number of hydrogen-bond acceptors (Lipinski definition) is 8. The Labute approximate surface area is 171 Å². The molecule has 30 heavy (non-hydrogen) atoms. The quantitative estimate of drug-likeness (QED) is 0.364. The van der Waals surface area contributed by atoms with Crippen LogP contribution in [0.3, 0.4) is 0 Å². The Morgan fingerprint density at radius 1 is 1.37 bits per heavy atom. The molecule has 158 valence electrons. The third-order valence-electron chi connectivity index (χ3n) is 4.25. The highest BCUT2D eigenvalue weighted by Crippen LogP contribution is 2.35. The number of nitro groups is 1. The number of nitro benzene ring substituents is 1. The molecule has 3 rings (SSSR count). The van der Waals surface area contributed by atoms with Gasteiger partial charge in [-0.3, -0.25) is 24.6 Å². The number of pyridine rings is 1. The smallest absolute Gasteiger partial charge is 0.271 e. The van der Waals surface area contributed by atoms with Crippen molar-refractivity contribution < 1.29 is 28.7 Å². The molecule has 1 aromatic heterocycles. The number of rotatable bonds is 9. The number of nitrogens with one attached hydrogen (secondary N) is 1. The zero-order chi connectivity index (χ0) is 21.5. The summed E-state index contributed by atoms with van der Waals surface area (Å²) in [6, 6.07) is 7.37. The largest absolute Gasteiger partial charge is 0.482 e. The molecular formula is C19H20N4O7. The van der Waals surface area contributed by atoms with Gasteiger partial charge in [0.2, 0.25) is 11.8 Å². The molecule has 11 heteroatoms. The number of fused-ring (bicyclic) bond motifs is 1. The lowest BCUT2D eigenvalue weighted by Crippen LogP contribution is -2.45. The summed E-state index contributed by atoms with van der Waals surface area (Å²) in [4.78, 5) is 40.5. The molecule has 1 aliphatic rings. The minimum absolute atomic E-state index is 0.134. The molecule has 0 unspecified atom stereocenters. The topological polar surface area (TPSA) is 133 Å². The average Bonchev–Trinajstić information content (AvgIpc) is 2.75. The molecule has 1 N–H and O–H groups in total. The van der Waals surface area contributed by atoms with Gasteiger partial charge in [-0.2, -0.15) is 0 Å². The van der Waals surface area contributed by atoms with Crippen molar-refractivity contribution in [3.8, 4) is 11.6 Å². The van der Waals surface area contributed by atoms with Crippen LogP contribution in [-0.2, 0) is 20.9 Å². The molecule has 2 heterocycles. The number of aromatic nitrogens is 1. The van der Waals surface area contributed by atoms with Crippen LogP contribution in [0.5, 0.6) is 11.6 Å². The van der Waals surface area contributed by atoms with E-state index in [0.29, 0.717) is 30.4 Å². The van der Waals surface area contributed by atoms with Crippen molar-refractivity contribution in [3.05, 3.63) is 52.2 Å². The first kappa shape index (κ1) is 21.0. The van der Waals surface area contributed by atoms with E-state index < -0.39 is 16.7 Å². The first-order chi connectivity index (χ1) is 14.5. The zero-order valence-corrected chi connectivity index (χ0v) is 16.2. The zero-order valence-electron chi connectivity index (χ0n) is 16.2. The number of carbonyl (C=O) groups excluding carboxylic acids is 2. The van der Waals surface area contributed by atoms with E-state index in [-0.39, 0.29) is 31.1 Å². The highest BCUT2D eigenvalue weighted by atomic mass is 16.6. The number of carbonyl (C=O) groups is 2. The van der Waals surface area contributed by atoms with Crippen molar-refractivity contribution in [2.75, 3.05) is 38.4 Å². The van der Waals surface area contributed by atoms with E-state index in [4.69, 9.17) is 14.2 Å². The van der Waals surface area contributed by atoms with Gasteiger partial charge in [-0.15, -0.1) is 0 Å². The van der Waals surface area contributed by atoms with Gasteiger partial charge in [-0.05, 0) is 12.1 Å². The minimum atomic E-state index is -0.578. The summed E-state index contributed by atoms with van der Waals surface area (Å²) >= 11 is 0. The lowest BCUT2D eigenvalue weighted by molar-refractivity contribution is -0.384. The molecule has 2 aromatic rings. The fourth-order valence-corrected chi connectivity index (χ4v) is 2.78. The van der Waals surface area contributed by atoms with Crippen LogP contribution in [0.4, 0.5) is 11.4 Å². The van der Waals surface area contributed by atoms with Crippen molar-refractivity contribution in [1.29, 1.82) is 0 Å². The normalized spacial score (nSPS) is 12.7. The van der Waals surface area contributed by atoms with Gasteiger partial charge >= 0.3 is 0 Å². The molecule has 0 saturated heterocycles. The second-order valence-corrected chi connectivity index (χ2v) is 6.26. The molecule has 0 spiro atoms. The van der Waals surface area contributed by atoms with Gasteiger partial charge in [-0.1, -0.05) is 6.07 Å². The van der Waals surface area contributed by atoms with Crippen molar-refractivity contribution in [2.24, 2.45) is 0 Å². The van der Waals surface area contributed by atoms with Crippen molar-refractivity contribution in [3.63, 3.8) is 0 Å². The highest BCUT2D eigenvalue weighted by molar-refractivity contribution is 6.02. The van der Waals surface area contributed by atoms with Crippen LogP contribution in [0, 0.1) is 10.1 Å². The first-order valence-corrected chi connectivity index (χ1v) is 9.03. The van der Waals surface area contributed by atoms with Crippen LogP contribution in [0.2, 0.25) is 0 Å². The van der Waals surface area contributed by atoms with Crippen molar-refractivity contribution in [2.45, 2.75) is 6.54 Å². The predicted molar refractivity (Wildman–Crippen MR) is 104 cm³/mol. The lowest BCUT2D eigenvalue weighted by atomic mass is 10.2. The molecule has 0 aliphatic carbocycles. The summed E-state index contributed by atoms with van der Waals surface area (Å²) in [5.74, 6) is -0.245. The van der Waals surface area contributed by atoms with Gasteiger partial charge in [0.25, 0.3) is 11.6 Å². The number of amides is 2. The summed E-state index contributed by atoms with van der Waals surface area (Å²) in [6.45, 7) is 0.281. The summed E-state index contributed by atoms with van der Waals surface area (Å²) in [5, 5.41) is 13.7. The maximum atomic E-state index is 12.5. The summed E-state index contributed by atoms with van der Waals surface area (Å²) in [6.07, 6.45) is 1.57. The van der Waals surface area contributed by atoms with Gasteiger partial charge in [0.05, 0.1) is 17.2 Å².